The fourth-order valence-electron chi connectivity index (χ4n) is 3.10. The summed E-state index contributed by atoms with van der Waals surface area (Å²) < 4.78 is 15.8. The van der Waals surface area contributed by atoms with Crippen molar-refractivity contribution in [3.8, 4) is 11.5 Å². The molecule has 0 saturated carbocycles. The number of imide groups is 1. The number of carbonyl (C=O) groups excluding carboxylic acids is 3. The molecule has 0 bridgehead atoms. The molecule has 3 rings (SSSR count). The molecule has 27 heavy (non-hydrogen) atoms. The van der Waals surface area contributed by atoms with Crippen LogP contribution < -0.4 is 14.8 Å². The van der Waals surface area contributed by atoms with Crippen LogP contribution >= 0.6 is 0 Å². The van der Waals surface area contributed by atoms with Crippen molar-refractivity contribution in [1.82, 2.24) is 15.1 Å². The monoisotopic (exact) mass is 377 g/mol. The van der Waals surface area contributed by atoms with Gasteiger partial charge in [0, 0.05) is 26.2 Å². The van der Waals surface area contributed by atoms with E-state index in [1.54, 1.807) is 24.0 Å². The highest BCUT2D eigenvalue weighted by atomic mass is 16.6. The number of para-hydroxylation sites is 2. The number of piperazine rings is 1. The second-order valence-electron chi connectivity index (χ2n) is 6.38. The minimum Gasteiger partial charge on any atom is -0.485 e. The van der Waals surface area contributed by atoms with Gasteiger partial charge in [0.15, 0.2) is 11.5 Å². The zero-order valence-electron chi connectivity index (χ0n) is 15.3. The van der Waals surface area contributed by atoms with Crippen molar-refractivity contribution in [3.05, 3.63) is 24.3 Å². The molecule has 2 atom stereocenters. The number of ether oxygens (including phenoxy) is 3. The molecular formula is C18H23N3O6. The van der Waals surface area contributed by atoms with Crippen LogP contribution in [0.25, 0.3) is 0 Å². The van der Waals surface area contributed by atoms with Crippen LogP contribution in [-0.4, -0.2) is 79.7 Å². The maximum Gasteiger partial charge on any atom is 0.413 e. The summed E-state index contributed by atoms with van der Waals surface area (Å²) in [5.74, 6) is 0.642. The highest BCUT2D eigenvalue weighted by molar-refractivity contribution is 5.94. The Balaban J connectivity index is 1.51. The fraction of sp³-hybridized carbons (Fsp3) is 0.500. The van der Waals surface area contributed by atoms with Crippen molar-refractivity contribution in [3.63, 3.8) is 0 Å². The predicted octanol–water partition coefficient (Wildman–Crippen LogP) is 0.242. The summed E-state index contributed by atoms with van der Waals surface area (Å²) >= 11 is 0. The molecule has 1 fully saturated rings. The first-order valence-corrected chi connectivity index (χ1v) is 8.79. The average molecular weight is 377 g/mol. The smallest absolute Gasteiger partial charge is 0.413 e. The molecule has 9 nitrogen and oxygen atoms in total. The van der Waals surface area contributed by atoms with Crippen LogP contribution in [0.2, 0.25) is 0 Å². The second kappa shape index (κ2) is 8.26. The number of alkyl carbamates (subject to hydrolysis) is 1. The van der Waals surface area contributed by atoms with E-state index in [2.05, 4.69) is 10.1 Å². The number of carbonyl (C=O) groups is 3. The highest BCUT2D eigenvalue weighted by Gasteiger charge is 2.34. The van der Waals surface area contributed by atoms with Crippen molar-refractivity contribution in [1.29, 1.82) is 0 Å². The molecule has 2 aliphatic heterocycles. The van der Waals surface area contributed by atoms with Gasteiger partial charge in [-0.25, -0.2) is 4.79 Å². The molecule has 2 heterocycles. The lowest BCUT2D eigenvalue weighted by molar-refractivity contribution is -0.143. The van der Waals surface area contributed by atoms with Crippen molar-refractivity contribution in [2.24, 2.45) is 0 Å². The molecule has 146 valence electrons. The number of hydrogen-bond acceptors (Lipinski definition) is 7. The summed E-state index contributed by atoms with van der Waals surface area (Å²) in [5.41, 5.74) is 0. The Morgan fingerprint density at radius 3 is 2.48 bits per heavy atom. The van der Waals surface area contributed by atoms with E-state index in [-0.39, 0.29) is 12.5 Å². The third-order valence-corrected chi connectivity index (χ3v) is 4.75. The fourth-order valence-corrected chi connectivity index (χ4v) is 3.10. The van der Waals surface area contributed by atoms with Gasteiger partial charge in [0.1, 0.15) is 6.61 Å². The molecule has 3 amide bonds. The molecule has 0 unspecified atom stereocenters. The number of nitrogens with zero attached hydrogens (tertiary/aromatic N) is 2. The standard InChI is InChI=1S/C18H23N3O6/c1-12(16(22)19-18(24)25-2)20-7-9-21(10-8-20)17(23)15-11-26-13-5-3-4-6-14(13)27-15/h3-6,12,15H,7-11H2,1-2H3,(H,19,22,24)/t12-,15+/m0/s1. The SMILES string of the molecule is COC(=O)NC(=O)[C@H](C)N1CCN(C(=O)[C@H]2COc3ccccc3O2)CC1. The molecular weight excluding hydrogens is 354 g/mol. The first kappa shape index (κ1) is 19.0. The van der Waals surface area contributed by atoms with Crippen LogP contribution in [0.15, 0.2) is 24.3 Å². The third kappa shape index (κ3) is 4.30. The number of methoxy groups -OCH3 is 1. The summed E-state index contributed by atoms with van der Waals surface area (Å²) in [7, 11) is 1.20. The van der Waals surface area contributed by atoms with E-state index in [1.165, 1.54) is 7.11 Å². The van der Waals surface area contributed by atoms with E-state index >= 15 is 0 Å². The number of amides is 3. The van der Waals surface area contributed by atoms with Crippen LogP contribution in [0, 0.1) is 0 Å². The molecule has 0 radical (unpaired) electrons. The molecule has 2 aliphatic rings. The van der Waals surface area contributed by atoms with E-state index in [0.29, 0.717) is 37.7 Å². The van der Waals surface area contributed by atoms with Gasteiger partial charge in [0.2, 0.25) is 12.0 Å². The normalized spacial score (nSPS) is 20.5. The van der Waals surface area contributed by atoms with Gasteiger partial charge in [-0.1, -0.05) is 12.1 Å². The molecule has 1 aromatic rings. The number of nitrogens with one attached hydrogen (secondary N) is 1. The van der Waals surface area contributed by atoms with E-state index in [4.69, 9.17) is 9.47 Å². The number of fused-ring (bicyclic) bond motifs is 1. The maximum absolute atomic E-state index is 12.7. The molecule has 0 spiro atoms. The molecule has 1 saturated heterocycles. The zero-order valence-corrected chi connectivity index (χ0v) is 15.3. The average Bonchev–Trinajstić information content (AvgIpc) is 2.72. The lowest BCUT2D eigenvalue weighted by Gasteiger charge is -2.38. The van der Waals surface area contributed by atoms with Gasteiger partial charge < -0.3 is 19.1 Å². The Bertz CT molecular complexity index is 717. The van der Waals surface area contributed by atoms with Crippen molar-refractivity contribution < 1.29 is 28.6 Å². The summed E-state index contributed by atoms with van der Waals surface area (Å²) in [6, 6.07) is 6.75. The number of hydrogen-bond donors (Lipinski definition) is 1. The molecule has 0 aliphatic carbocycles. The van der Waals surface area contributed by atoms with Crippen molar-refractivity contribution in [2.75, 3.05) is 39.9 Å². The topological polar surface area (TPSA) is 97.4 Å². The third-order valence-electron chi connectivity index (χ3n) is 4.75. The van der Waals surface area contributed by atoms with E-state index in [0.717, 1.165) is 0 Å². The van der Waals surface area contributed by atoms with Crippen LogP contribution in [-0.2, 0) is 14.3 Å². The van der Waals surface area contributed by atoms with Gasteiger partial charge in [-0.3, -0.25) is 19.8 Å². The van der Waals surface area contributed by atoms with Gasteiger partial charge >= 0.3 is 6.09 Å². The quantitative estimate of drug-likeness (QED) is 0.806. The zero-order chi connectivity index (χ0) is 19.4. The minimum absolute atomic E-state index is 0.129. The predicted molar refractivity (Wildman–Crippen MR) is 94.5 cm³/mol. The summed E-state index contributed by atoms with van der Waals surface area (Å²) in [6.07, 6.45) is -1.46. The van der Waals surface area contributed by atoms with Crippen LogP contribution in [0.4, 0.5) is 4.79 Å². The number of rotatable bonds is 3. The van der Waals surface area contributed by atoms with Crippen LogP contribution in [0.5, 0.6) is 11.5 Å². The van der Waals surface area contributed by atoms with E-state index in [9.17, 15) is 14.4 Å². The molecule has 9 heteroatoms. The Labute approximate surface area is 157 Å². The van der Waals surface area contributed by atoms with Gasteiger partial charge in [-0.15, -0.1) is 0 Å². The lowest BCUT2D eigenvalue weighted by atomic mass is 10.2. The number of benzene rings is 1. The lowest BCUT2D eigenvalue weighted by Crippen LogP contribution is -2.57. The first-order chi connectivity index (χ1) is 13.0. The van der Waals surface area contributed by atoms with Gasteiger partial charge in [-0.2, -0.15) is 0 Å². The van der Waals surface area contributed by atoms with Gasteiger partial charge in [0.05, 0.1) is 13.2 Å². The second-order valence-corrected chi connectivity index (χ2v) is 6.38. The summed E-state index contributed by atoms with van der Waals surface area (Å²) in [6.45, 7) is 3.86. The van der Waals surface area contributed by atoms with Gasteiger partial charge in [-0.05, 0) is 19.1 Å². The highest BCUT2D eigenvalue weighted by Crippen LogP contribution is 2.31. The van der Waals surface area contributed by atoms with E-state index < -0.39 is 24.1 Å². The van der Waals surface area contributed by atoms with Crippen molar-refractivity contribution >= 4 is 17.9 Å². The minimum atomic E-state index is -0.782. The van der Waals surface area contributed by atoms with Gasteiger partial charge in [0.25, 0.3) is 5.91 Å². The molecule has 1 aromatic carbocycles. The van der Waals surface area contributed by atoms with E-state index in [1.807, 2.05) is 17.0 Å². The first-order valence-electron chi connectivity index (χ1n) is 8.79. The van der Waals surface area contributed by atoms with Crippen molar-refractivity contribution in [2.45, 2.75) is 19.1 Å². The Morgan fingerprint density at radius 2 is 1.81 bits per heavy atom. The Morgan fingerprint density at radius 1 is 1.15 bits per heavy atom. The molecule has 1 N–H and O–H groups in total. The summed E-state index contributed by atoms with van der Waals surface area (Å²) in [4.78, 5) is 39.5. The summed E-state index contributed by atoms with van der Waals surface area (Å²) in [5, 5.41) is 2.16. The Hall–Kier alpha value is -2.81. The largest absolute Gasteiger partial charge is 0.485 e. The molecule has 0 aromatic heterocycles. The Kier molecular flexibility index (Phi) is 5.80. The van der Waals surface area contributed by atoms with Crippen LogP contribution in [0.3, 0.4) is 0 Å². The maximum atomic E-state index is 12.7. The van der Waals surface area contributed by atoms with Crippen LogP contribution in [0.1, 0.15) is 6.92 Å².